The van der Waals surface area contributed by atoms with Crippen LogP contribution in [0.25, 0.3) is 16.6 Å². The van der Waals surface area contributed by atoms with E-state index in [-0.39, 0.29) is 29.7 Å². The molecule has 1 spiro atoms. The fraction of sp³-hybridized carbons (Fsp3) is 0.423. The van der Waals surface area contributed by atoms with Crippen LogP contribution in [0.2, 0.25) is 0 Å². The van der Waals surface area contributed by atoms with E-state index in [2.05, 4.69) is 18.4 Å². The maximum Gasteiger partial charge on any atom is 0.329 e. The van der Waals surface area contributed by atoms with Gasteiger partial charge >= 0.3 is 5.97 Å². The standard InChI is InChI=1S/C26H28FNO5/c1-25(2)15-33-26(12-10-18(11-13-26)32-14-21(30)31)23-22-19(4-3-5-20(22)29)28(24(23)25)17-8-6-16(27)7-9-17/h3-9,18,29H,10-15H2,1-2H3,(H,30,31). The van der Waals surface area contributed by atoms with Crippen LogP contribution >= 0.6 is 0 Å². The molecule has 0 saturated heterocycles. The van der Waals surface area contributed by atoms with Gasteiger partial charge in [0.15, 0.2) is 0 Å². The number of phenolic OH excluding ortho intramolecular Hbond substituents is 1. The summed E-state index contributed by atoms with van der Waals surface area (Å²) in [5.74, 6) is -1.08. The molecule has 0 radical (unpaired) electrons. The van der Waals surface area contributed by atoms with Crippen molar-refractivity contribution in [3.8, 4) is 11.4 Å². The van der Waals surface area contributed by atoms with E-state index in [1.165, 1.54) is 12.1 Å². The quantitative estimate of drug-likeness (QED) is 0.580. The molecule has 7 heteroatoms. The van der Waals surface area contributed by atoms with E-state index < -0.39 is 11.6 Å². The second-order valence-corrected chi connectivity index (χ2v) is 9.78. The molecule has 1 saturated carbocycles. The van der Waals surface area contributed by atoms with E-state index in [1.54, 1.807) is 18.2 Å². The summed E-state index contributed by atoms with van der Waals surface area (Å²) in [6.07, 6.45) is 2.54. The first-order valence-corrected chi connectivity index (χ1v) is 11.3. The van der Waals surface area contributed by atoms with E-state index in [1.807, 2.05) is 12.1 Å². The predicted molar refractivity (Wildman–Crippen MR) is 121 cm³/mol. The third kappa shape index (κ3) is 3.60. The zero-order valence-electron chi connectivity index (χ0n) is 18.8. The third-order valence-electron chi connectivity index (χ3n) is 7.05. The van der Waals surface area contributed by atoms with E-state index in [4.69, 9.17) is 14.6 Å². The molecule has 0 amide bonds. The van der Waals surface area contributed by atoms with Crippen molar-refractivity contribution in [2.24, 2.45) is 0 Å². The van der Waals surface area contributed by atoms with Crippen LogP contribution in [0.1, 0.15) is 50.8 Å². The van der Waals surface area contributed by atoms with Gasteiger partial charge < -0.3 is 24.3 Å². The van der Waals surface area contributed by atoms with Gasteiger partial charge in [-0.05, 0) is 62.1 Å². The van der Waals surface area contributed by atoms with Crippen LogP contribution in [-0.4, -0.2) is 40.1 Å². The Morgan fingerprint density at radius 1 is 1.18 bits per heavy atom. The van der Waals surface area contributed by atoms with Crippen LogP contribution in [-0.2, 0) is 25.3 Å². The molecule has 6 nitrogen and oxygen atoms in total. The lowest BCUT2D eigenvalue weighted by atomic mass is 9.71. The first kappa shape index (κ1) is 21.9. The Morgan fingerprint density at radius 3 is 2.55 bits per heavy atom. The van der Waals surface area contributed by atoms with Crippen LogP contribution in [0.5, 0.6) is 5.75 Å². The van der Waals surface area contributed by atoms with Gasteiger partial charge in [0.1, 0.15) is 18.2 Å². The molecular formula is C26H28FNO5. The number of hydrogen-bond acceptors (Lipinski definition) is 4. The lowest BCUT2D eigenvalue weighted by Crippen LogP contribution is -2.46. The molecular weight excluding hydrogens is 425 g/mol. The van der Waals surface area contributed by atoms with Gasteiger partial charge in [-0.2, -0.15) is 0 Å². The summed E-state index contributed by atoms with van der Waals surface area (Å²) in [6, 6.07) is 11.9. The van der Waals surface area contributed by atoms with Gasteiger partial charge in [0.05, 0.1) is 23.8 Å². The highest BCUT2D eigenvalue weighted by molar-refractivity contribution is 5.94. The van der Waals surface area contributed by atoms with E-state index >= 15 is 0 Å². The summed E-state index contributed by atoms with van der Waals surface area (Å²) >= 11 is 0. The zero-order chi connectivity index (χ0) is 23.4. The number of phenols is 1. The maximum absolute atomic E-state index is 13.7. The summed E-state index contributed by atoms with van der Waals surface area (Å²) in [7, 11) is 0. The minimum absolute atomic E-state index is 0.132. The Labute approximate surface area is 191 Å². The molecule has 0 atom stereocenters. The number of rotatable bonds is 4. The van der Waals surface area contributed by atoms with Crippen molar-refractivity contribution in [3.05, 3.63) is 59.5 Å². The van der Waals surface area contributed by atoms with Crippen molar-refractivity contribution < 1.29 is 28.9 Å². The van der Waals surface area contributed by atoms with Crippen molar-refractivity contribution in [2.75, 3.05) is 13.2 Å². The van der Waals surface area contributed by atoms with Crippen LogP contribution in [0.3, 0.4) is 0 Å². The summed E-state index contributed by atoms with van der Waals surface area (Å²) in [5, 5.41) is 20.7. The largest absolute Gasteiger partial charge is 0.507 e. The first-order chi connectivity index (χ1) is 15.7. The van der Waals surface area contributed by atoms with Crippen LogP contribution in [0.15, 0.2) is 42.5 Å². The molecule has 2 aromatic carbocycles. The molecule has 33 heavy (non-hydrogen) atoms. The van der Waals surface area contributed by atoms with Crippen molar-refractivity contribution in [1.82, 2.24) is 4.57 Å². The van der Waals surface area contributed by atoms with Crippen LogP contribution in [0.4, 0.5) is 4.39 Å². The van der Waals surface area contributed by atoms with Crippen molar-refractivity contribution in [2.45, 2.75) is 56.7 Å². The van der Waals surface area contributed by atoms with Crippen molar-refractivity contribution in [1.29, 1.82) is 0 Å². The number of fused-ring (bicyclic) bond motifs is 4. The van der Waals surface area contributed by atoms with Gasteiger partial charge in [-0.3, -0.25) is 0 Å². The Balaban J connectivity index is 1.69. The predicted octanol–water partition coefficient (Wildman–Crippen LogP) is 5.02. The zero-order valence-corrected chi connectivity index (χ0v) is 18.8. The highest BCUT2D eigenvalue weighted by Crippen LogP contribution is 2.54. The number of nitrogens with zero attached hydrogens (tertiary/aromatic N) is 1. The topological polar surface area (TPSA) is 80.9 Å². The number of aliphatic carboxylic acids is 1. The Morgan fingerprint density at radius 2 is 1.88 bits per heavy atom. The van der Waals surface area contributed by atoms with Crippen LogP contribution in [0, 0.1) is 5.82 Å². The molecule has 1 fully saturated rings. The molecule has 3 aromatic rings. The van der Waals surface area contributed by atoms with E-state index in [9.17, 15) is 14.3 Å². The highest BCUT2D eigenvalue weighted by atomic mass is 19.1. The summed E-state index contributed by atoms with van der Waals surface area (Å²) in [4.78, 5) is 10.9. The number of aromatic hydroxyl groups is 1. The first-order valence-electron chi connectivity index (χ1n) is 11.3. The number of benzene rings is 2. The normalized spacial score (nSPS) is 24.2. The second-order valence-electron chi connectivity index (χ2n) is 9.78. The molecule has 0 unspecified atom stereocenters. The fourth-order valence-corrected chi connectivity index (χ4v) is 5.53. The number of carbonyl (C=O) groups is 1. The average Bonchev–Trinajstić information content (AvgIpc) is 3.16. The second kappa shape index (κ2) is 7.85. The molecule has 0 bridgehead atoms. The number of hydrogen-bond donors (Lipinski definition) is 2. The minimum atomic E-state index is -0.972. The Kier molecular flexibility index (Phi) is 5.21. The van der Waals surface area contributed by atoms with Crippen molar-refractivity contribution >= 4 is 16.9 Å². The van der Waals surface area contributed by atoms with Gasteiger partial charge in [0.25, 0.3) is 0 Å². The number of carboxylic acids is 1. The van der Waals surface area contributed by atoms with E-state index in [0.29, 0.717) is 32.3 Å². The molecule has 2 heterocycles. The van der Waals surface area contributed by atoms with Gasteiger partial charge in [-0.25, -0.2) is 9.18 Å². The molecule has 1 aliphatic heterocycles. The number of ether oxygens (including phenoxy) is 2. The molecule has 1 aliphatic carbocycles. The average molecular weight is 454 g/mol. The molecule has 5 rings (SSSR count). The third-order valence-corrected chi connectivity index (χ3v) is 7.05. The molecule has 2 N–H and O–H groups in total. The molecule has 2 aliphatic rings. The lowest BCUT2D eigenvalue weighted by molar-refractivity contribution is -0.150. The number of aromatic nitrogens is 1. The summed E-state index contributed by atoms with van der Waals surface area (Å²) < 4.78 is 28.0. The maximum atomic E-state index is 13.7. The van der Waals surface area contributed by atoms with Gasteiger partial charge in [-0.15, -0.1) is 0 Å². The van der Waals surface area contributed by atoms with Gasteiger partial charge in [-0.1, -0.05) is 19.9 Å². The Hall–Kier alpha value is -2.90. The van der Waals surface area contributed by atoms with E-state index in [0.717, 1.165) is 27.8 Å². The number of halogens is 1. The summed E-state index contributed by atoms with van der Waals surface area (Å²) in [6.45, 7) is 4.44. The van der Waals surface area contributed by atoms with Crippen molar-refractivity contribution in [3.63, 3.8) is 0 Å². The lowest BCUT2D eigenvalue weighted by Gasteiger charge is -2.47. The van der Waals surface area contributed by atoms with Gasteiger partial charge in [0.2, 0.25) is 0 Å². The van der Waals surface area contributed by atoms with Crippen LogP contribution < -0.4 is 0 Å². The minimum Gasteiger partial charge on any atom is -0.507 e. The van der Waals surface area contributed by atoms with Gasteiger partial charge in [0, 0.05) is 27.7 Å². The fourth-order valence-electron chi connectivity index (χ4n) is 5.53. The molecule has 1 aromatic heterocycles. The monoisotopic (exact) mass is 453 g/mol. The SMILES string of the molecule is CC1(C)COC2(CCC(OCC(=O)O)CC2)c2c1n(-c1ccc(F)cc1)c1cccc(O)c21. The number of carboxylic acid groups (broad SMARTS) is 1. The Bertz CT molecular complexity index is 1210. The highest BCUT2D eigenvalue weighted by Gasteiger charge is 2.50. The molecule has 174 valence electrons. The smallest absolute Gasteiger partial charge is 0.329 e. The summed E-state index contributed by atoms with van der Waals surface area (Å²) in [5.41, 5.74) is 2.77.